The summed E-state index contributed by atoms with van der Waals surface area (Å²) >= 11 is 6.10. The highest BCUT2D eigenvalue weighted by Gasteiger charge is 2.32. The zero-order valence-corrected chi connectivity index (χ0v) is 17.6. The molecule has 0 aliphatic carbocycles. The number of rotatable bonds is 4. The van der Waals surface area contributed by atoms with Crippen LogP contribution in [0, 0.1) is 11.3 Å². The lowest BCUT2D eigenvalue weighted by Gasteiger charge is -2.38. The second kappa shape index (κ2) is 8.06. The minimum Gasteiger partial charge on any atom is -0.331 e. The Morgan fingerprint density at radius 2 is 1.81 bits per heavy atom. The van der Waals surface area contributed by atoms with Gasteiger partial charge in [-0.1, -0.05) is 75.7 Å². The molecular weight excluding hydrogens is 354 g/mol. The zero-order chi connectivity index (χ0) is 19.6. The molecule has 3 heteroatoms. The fourth-order valence-corrected chi connectivity index (χ4v) is 4.50. The number of carbonyl (C=O) groups excluding carboxylic acids is 1. The van der Waals surface area contributed by atoms with E-state index < -0.39 is 0 Å². The van der Waals surface area contributed by atoms with Crippen LogP contribution in [0.4, 0.5) is 0 Å². The largest absolute Gasteiger partial charge is 0.331 e. The number of nitrogens with zero attached hydrogens (tertiary/aromatic N) is 1. The standard InChI is InChI=1S/C24H30ClNO/c1-17(16-24(2,3)4)15-22(27)26-14-13-18-7-5-6-8-21(18)23(26)19-9-11-20(25)12-10-19/h5-12,17,23H,13-16H2,1-4H3/t17-,23-/m1/s1. The first kappa shape index (κ1) is 19.9. The van der Waals surface area contributed by atoms with Gasteiger partial charge in [0.15, 0.2) is 0 Å². The minimum atomic E-state index is -0.0263. The van der Waals surface area contributed by atoms with Crippen LogP contribution in [-0.4, -0.2) is 17.4 Å². The summed E-state index contributed by atoms with van der Waals surface area (Å²) in [6.07, 6.45) is 2.57. The smallest absolute Gasteiger partial charge is 0.223 e. The Bertz CT molecular complexity index is 791. The van der Waals surface area contributed by atoms with Crippen LogP contribution in [0.2, 0.25) is 5.02 Å². The molecule has 0 saturated carbocycles. The van der Waals surface area contributed by atoms with Crippen molar-refractivity contribution in [3.8, 4) is 0 Å². The Morgan fingerprint density at radius 1 is 1.15 bits per heavy atom. The maximum Gasteiger partial charge on any atom is 0.223 e. The van der Waals surface area contributed by atoms with E-state index in [2.05, 4.69) is 56.9 Å². The van der Waals surface area contributed by atoms with E-state index in [1.807, 2.05) is 24.3 Å². The third-order valence-electron chi connectivity index (χ3n) is 5.27. The van der Waals surface area contributed by atoms with E-state index in [4.69, 9.17) is 11.6 Å². The number of hydrogen-bond acceptors (Lipinski definition) is 1. The van der Waals surface area contributed by atoms with Gasteiger partial charge in [-0.05, 0) is 53.0 Å². The van der Waals surface area contributed by atoms with Crippen LogP contribution >= 0.6 is 11.6 Å². The van der Waals surface area contributed by atoms with Crippen LogP contribution in [0.3, 0.4) is 0 Å². The van der Waals surface area contributed by atoms with E-state index >= 15 is 0 Å². The summed E-state index contributed by atoms with van der Waals surface area (Å²) in [4.78, 5) is 15.3. The molecule has 3 rings (SSSR count). The first-order chi connectivity index (χ1) is 12.7. The molecule has 0 bridgehead atoms. The van der Waals surface area contributed by atoms with Crippen molar-refractivity contribution in [1.82, 2.24) is 4.90 Å². The van der Waals surface area contributed by atoms with Gasteiger partial charge in [0.2, 0.25) is 5.91 Å². The van der Waals surface area contributed by atoms with Crippen molar-refractivity contribution in [2.24, 2.45) is 11.3 Å². The molecule has 0 saturated heterocycles. The molecule has 0 fully saturated rings. The number of benzene rings is 2. The molecule has 2 nitrogen and oxygen atoms in total. The summed E-state index contributed by atoms with van der Waals surface area (Å²) in [5.74, 6) is 0.627. The van der Waals surface area contributed by atoms with Gasteiger partial charge in [0.1, 0.15) is 0 Å². The minimum absolute atomic E-state index is 0.0263. The Labute approximate surface area is 168 Å². The number of amides is 1. The molecule has 0 N–H and O–H groups in total. The van der Waals surface area contributed by atoms with Crippen molar-refractivity contribution in [2.75, 3.05) is 6.54 Å². The molecular formula is C24H30ClNO. The lowest BCUT2D eigenvalue weighted by molar-refractivity contribution is -0.134. The SMILES string of the molecule is C[C@H](CC(=O)N1CCc2ccccc2[C@H]1c1ccc(Cl)cc1)CC(C)(C)C. The molecule has 2 atom stereocenters. The van der Waals surface area contributed by atoms with Crippen LogP contribution in [0.5, 0.6) is 0 Å². The van der Waals surface area contributed by atoms with Crippen molar-refractivity contribution in [3.05, 3.63) is 70.2 Å². The number of fused-ring (bicyclic) bond motifs is 1. The van der Waals surface area contributed by atoms with E-state index in [0.29, 0.717) is 12.3 Å². The third-order valence-corrected chi connectivity index (χ3v) is 5.53. The van der Waals surface area contributed by atoms with E-state index in [-0.39, 0.29) is 17.4 Å². The fraction of sp³-hybridized carbons (Fsp3) is 0.458. The molecule has 0 aromatic heterocycles. The molecule has 0 unspecified atom stereocenters. The number of hydrogen-bond donors (Lipinski definition) is 0. The highest BCUT2D eigenvalue weighted by atomic mass is 35.5. The summed E-state index contributed by atoms with van der Waals surface area (Å²) in [6, 6.07) is 16.4. The van der Waals surface area contributed by atoms with Crippen LogP contribution in [0.1, 0.15) is 63.3 Å². The Morgan fingerprint density at radius 3 is 2.48 bits per heavy atom. The molecule has 1 heterocycles. The van der Waals surface area contributed by atoms with Crippen LogP contribution in [-0.2, 0) is 11.2 Å². The Kier molecular flexibility index (Phi) is 5.95. The van der Waals surface area contributed by atoms with Crippen LogP contribution < -0.4 is 0 Å². The lowest BCUT2D eigenvalue weighted by atomic mass is 9.83. The molecule has 1 aliphatic rings. The first-order valence-corrected chi connectivity index (χ1v) is 10.2. The number of carbonyl (C=O) groups is 1. The lowest BCUT2D eigenvalue weighted by Crippen LogP contribution is -2.41. The zero-order valence-electron chi connectivity index (χ0n) is 16.8. The van der Waals surface area contributed by atoms with Crippen LogP contribution in [0.25, 0.3) is 0 Å². The molecule has 144 valence electrons. The van der Waals surface area contributed by atoms with Crippen molar-refractivity contribution in [2.45, 2.75) is 53.0 Å². The van der Waals surface area contributed by atoms with E-state index in [0.717, 1.165) is 30.0 Å². The predicted molar refractivity (Wildman–Crippen MR) is 113 cm³/mol. The maximum absolute atomic E-state index is 13.3. The van der Waals surface area contributed by atoms with Gasteiger partial charge in [-0.2, -0.15) is 0 Å². The van der Waals surface area contributed by atoms with Crippen molar-refractivity contribution in [1.29, 1.82) is 0 Å². The van der Waals surface area contributed by atoms with Crippen molar-refractivity contribution < 1.29 is 4.79 Å². The quantitative estimate of drug-likeness (QED) is 0.608. The molecule has 0 radical (unpaired) electrons. The topological polar surface area (TPSA) is 20.3 Å². The van der Waals surface area contributed by atoms with Gasteiger partial charge in [0, 0.05) is 18.0 Å². The highest BCUT2D eigenvalue weighted by molar-refractivity contribution is 6.30. The summed E-state index contributed by atoms with van der Waals surface area (Å²) in [5.41, 5.74) is 3.94. The highest BCUT2D eigenvalue weighted by Crippen LogP contribution is 2.37. The molecule has 1 aliphatic heterocycles. The monoisotopic (exact) mass is 383 g/mol. The summed E-state index contributed by atoms with van der Waals surface area (Å²) in [6.45, 7) is 9.68. The summed E-state index contributed by atoms with van der Waals surface area (Å²) < 4.78 is 0. The van der Waals surface area contributed by atoms with Crippen molar-refractivity contribution in [3.63, 3.8) is 0 Å². The van der Waals surface area contributed by atoms with E-state index in [1.54, 1.807) is 0 Å². The Balaban J connectivity index is 1.89. The molecule has 1 amide bonds. The maximum atomic E-state index is 13.3. The molecule has 27 heavy (non-hydrogen) atoms. The van der Waals surface area contributed by atoms with E-state index in [9.17, 15) is 4.79 Å². The van der Waals surface area contributed by atoms with Crippen molar-refractivity contribution >= 4 is 17.5 Å². The van der Waals surface area contributed by atoms with Gasteiger partial charge in [-0.15, -0.1) is 0 Å². The molecule has 2 aromatic rings. The van der Waals surface area contributed by atoms with Gasteiger partial charge in [0.25, 0.3) is 0 Å². The average molecular weight is 384 g/mol. The fourth-order valence-electron chi connectivity index (χ4n) is 4.37. The van der Waals surface area contributed by atoms with Gasteiger partial charge in [0.05, 0.1) is 6.04 Å². The van der Waals surface area contributed by atoms with Gasteiger partial charge in [-0.3, -0.25) is 4.79 Å². The average Bonchev–Trinajstić information content (AvgIpc) is 2.59. The second-order valence-electron chi connectivity index (χ2n) is 9.06. The van der Waals surface area contributed by atoms with Gasteiger partial charge < -0.3 is 4.90 Å². The van der Waals surface area contributed by atoms with E-state index in [1.165, 1.54) is 11.1 Å². The molecule has 0 spiro atoms. The Hall–Kier alpha value is -1.80. The summed E-state index contributed by atoms with van der Waals surface area (Å²) in [5, 5.41) is 0.722. The second-order valence-corrected chi connectivity index (χ2v) is 9.50. The predicted octanol–water partition coefficient (Wildman–Crippen LogP) is 6.28. The van der Waals surface area contributed by atoms with Gasteiger partial charge >= 0.3 is 0 Å². The molecule has 2 aromatic carbocycles. The van der Waals surface area contributed by atoms with Crippen LogP contribution in [0.15, 0.2) is 48.5 Å². The number of halogens is 1. The summed E-state index contributed by atoms with van der Waals surface area (Å²) in [7, 11) is 0. The van der Waals surface area contributed by atoms with Gasteiger partial charge in [-0.25, -0.2) is 0 Å². The normalized spacial score (nSPS) is 18.1. The third kappa shape index (κ3) is 4.93. The first-order valence-electron chi connectivity index (χ1n) is 9.87.